The van der Waals surface area contributed by atoms with Crippen LogP contribution in [0.15, 0.2) is 36.5 Å². The predicted molar refractivity (Wildman–Crippen MR) is 70.7 cm³/mol. The number of pyridine rings is 1. The molecule has 5 nitrogen and oxygen atoms in total. The van der Waals surface area contributed by atoms with E-state index in [2.05, 4.69) is 4.98 Å². The topological polar surface area (TPSA) is 87.5 Å². The van der Waals surface area contributed by atoms with Gasteiger partial charge in [-0.3, -0.25) is 9.78 Å². The van der Waals surface area contributed by atoms with Crippen molar-refractivity contribution < 1.29 is 19.8 Å². The quantitative estimate of drug-likeness (QED) is 0.893. The van der Waals surface area contributed by atoms with Crippen molar-refractivity contribution in [3.63, 3.8) is 0 Å². The molecule has 0 saturated carbocycles. The Morgan fingerprint density at radius 2 is 1.95 bits per heavy atom. The number of carboxylic acid groups (broad SMARTS) is 2. The van der Waals surface area contributed by atoms with Gasteiger partial charge in [-0.2, -0.15) is 0 Å². The maximum Gasteiger partial charge on any atom is 0.335 e. The summed E-state index contributed by atoms with van der Waals surface area (Å²) in [5.41, 5.74) is 3.28. The van der Waals surface area contributed by atoms with Gasteiger partial charge in [-0.25, -0.2) is 4.79 Å². The third kappa shape index (κ3) is 1.84. The first-order valence-electron chi connectivity index (χ1n) is 6.12. The minimum atomic E-state index is -1.02. The van der Waals surface area contributed by atoms with Gasteiger partial charge in [-0.15, -0.1) is 0 Å². The van der Waals surface area contributed by atoms with E-state index >= 15 is 0 Å². The summed E-state index contributed by atoms with van der Waals surface area (Å²) in [6, 6.07) is 8.37. The molecule has 1 heterocycles. The second-order valence-corrected chi connectivity index (χ2v) is 4.70. The van der Waals surface area contributed by atoms with Crippen LogP contribution in [-0.4, -0.2) is 27.1 Å². The summed E-state index contributed by atoms with van der Waals surface area (Å²) in [5.74, 6) is -2.28. The summed E-state index contributed by atoms with van der Waals surface area (Å²) in [6.45, 7) is 0. The molecule has 0 amide bonds. The number of aromatic carboxylic acids is 1. The second kappa shape index (κ2) is 4.45. The summed E-state index contributed by atoms with van der Waals surface area (Å²) in [5, 5.41) is 18.1. The molecule has 1 unspecified atom stereocenters. The van der Waals surface area contributed by atoms with Crippen molar-refractivity contribution in [2.75, 3.05) is 0 Å². The summed E-state index contributed by atoms with van der Waals surface area (Å²) in [6.07, 6.45) is 1.58. The number of nitrogens with zero attached hydrogens (tertiary/aromatic N) is 1. The first kappa shape index (κ1) is 12.3. The van der Waals surface area contributed by atoms with Gasteiger partial charge in [0, 0.05) is 17.7 Å². The minimum absolute atomic E-state index is 0.0746. The van der Waals surface area contributed by atoms with Crippen LogP contribution in [0.25, 0.3) is 11.3 Å². The Hall–Kier alpha value is -2.69. The first-order valence-corrected chi connectivity index (χ1v) is 6.12. The van der Waals surface area contributed by atoms with Crippen molar-refractivity contribution in [1.82, 2.24) is 4.98 Å². The van der Waals surface area contributed by atoms with Gasteiger partial charge >= 0.3 is 11.9 Å². The number of benzene rings is 1. The predicted octanol–water partition coefficient (Wildman–Crippen LogP) is 2.37. The molecule has 1 atom stereocenters. The van der Waals surface area contributed by atoms with Crippen LogP contribution in [0.5, 0.6) is 0 Å². The van der Waals surface area contributed by atoms with Crippen molar-refractivity contribution in [3.8, 4) is 11.3 Å². The van der Waals surface area contributed by atoms with E-state index in [0.29, 0.717) is 0 Å². The third-order valence-electron chi connectivity index (χ3n) is 3.52. The van der Waals surface area contributed by atoms with Crippen LogP contribution in [-0.2, 0) is 4.79 Å². The monoisotopic (exact) mass is 269 g/mol. The summed E-state index contributed by atoms with van der Waals surface area (Å²) < 4.78 is 0. The fraction of sp³-hybridized carbons (Fsp3) is 0.133. The Morgan fingerprint density at radius 1 is 1.15 bits per heavy atom. The molecule has 1 aromatic heterocycles. The van der Waals surface area contributed by atoms with E-state index in [0.717, 1.165) is 22.4 Å². The van der Waals surface area contributed by atoms with Crippen LogP contribution in [0.2, 0.25) is 0 Å². The summed E-state index contributed by atoms with van der Waals surface area (Å²) >= 11 is 0. The molecule has 3 rings (SSSR count). The SMILES string of the molecule is O=C(O)CC1c2cc(C(=O)O)ccc2-c2ncccc21. The first-order chi connectivity index (χ1) is 9.58. The van der Waals surface area contributed by atoms with E-state index in [1.807, 2.05) is 6.07 Å². The van der Waals surface area contributed by atoms with E-state index in [4.69, 9.17) is 10.2 Å². The molecule has 0 aliphatic heterocycles. The molecule has 2 N–H and O–H groups in total. The Bertz CT molecular complexity index is 724. The number of aromatic nitrogens is 1. The highest BCUT2D eigenvalue weighted by atomic mass is 16.4. The van der Waals surface area contributed by atoms with Crippen molar-refractivity contribution in [2.45, 2.75) is 12.3 Å². The van der Waals surface area contributed by atoms with E-state index in [1.165, 1.54) is 6.07 Å². The molecule has 0 radical (unpaired) electrons. The number of fused-ring (bicyclic) bond motifs is 3. The molecule has 2 aromatic rings. The second-order valence-electron chi connectivity index (χ2n) is 4.70. The molecule has 1 aliphatic rings. The summed E-state index contributed by atoms with van der Waals surface area (Å²) in [7, 11) is 0. The molecule has 1 aliphatic carbocycles. The zero-order valence-electron chi connectivity index (χ0n) is 10.4. The van der Waals surface area contributed by atoms with Crippen LogP contribution in [0.4, 0.5) is 0 Å². The highest BCUT2D eigenvalue weighted by Crippen LogP contribution is 2.45. The van der Waals surface area contributed by atoms with Gasteiger partial charge in [0.05, 0.1) is 17.7 Å². The number of rotatable bonds is 3. The van der Waals surface area contributed by atoms with Crippen LogP contribution in [0.1, 0.15) is 33.8 Å². The average molecular weight is 269 g/mol. The highest BCUT2D eigenvalue weighted by molar-refractivity contribution is 5.90. The molecule has 0 saturated heterocycles. The van der Waals surface area contributed by atoms with Crippen molar-refractivity contribution in [3.05, 3.63) is 53.2 Å². The minimum Gasteiger partial charge on any atom is -0.481 e. The van der Waals surface area contributed by atoms with Gasteiger partial charge in [0.25, 0.3) is 0 Å². The Morgan fingerprint density at radius 3 is 2.65 bits per heavy atom. The van der Waals surface area contributed by atoms with Crippen LogP contribution < -0.4 is 0 Å². The molecular weight excluding hydrogens is 258 g/mol. The molecular formula is C15H11NO4. The fourth-order valence-electron chi connectivity index (χ4n) is 2.69. The van der Waals surface area contributed by atoms with E-state index in [1.54, 1.807) is 24.4 Å². The maximum absolute atomic E-state index is 11.1. The zero-order valence-corrected chi connectivity index (χ0v) is 10.4. The summed E-state index contributed by atoms with van der Waals surface area (Å²) in [4.78, 5) is 26.4. The van der Waals surface area contributed by atoms with Gasteiger partial charge in [0.15, 0.2) is 0 Å². The van der Waals surface area contributed by atoms with Gasteiger partial charge in [0.2, 0.25) is 0 Å². The molecule has 5 heteroatoms. The van der Waals surface area contributed by atoms with Gasteiger partial charge in [-0.05, 0) is 29.3 Å². The Labute approximate surface area is 114 Å². The Balaban J connectivity index is 2.19. The maximum atomic E-state index is 11.1. The van der Waals surface area contributed by atoms with Crippen LogP contribution in [0.3, 0.4) is 0 Å². The lowest BCUT2D eigenvalue weighted by Gasteiger charge is -2.10. The number of carbonyl (C=O) groups is 2. The van der Waals surface area contributed by atoms with Crippen molar-refractivity contribution in [1.29, 1.82) is 0 Å². The van der Waals surface area contributed by atoms with E-state index in [-0.39, 0.29) is 17.9 Å². The number of hydrogen-bond donors (Lipinski definition) is 2. The molecule has 1 aromatic carbocycles. The number of aliphatic carboxylic acids is 1. The molecule has 100 valence electrons. The van der Waals surface area contributed by atoms with Crippen molar-refractivity contribution in [2.24, 2.45) is 0 Å². The van der Waals surface area contributed by atoms with Crippen LogP contribution in [0, 0.1) is 0 Å². The lowest BCUT2D eigenvalue weighted by Crippen LogP contribution is -2.06. The largest absolute Gasteiger partial charge is 0.481 e. The van der Waals surface area contributed by atoms with Crippen LogP contribution >= 0.6 is 0 Å². The molecule has 0 spiro atoms. The lowest BCUT2D eigenvalue weighted by molar-refractivity contribution is -0.137. The lowest BCUT2D eigenvalue weighted by atomic mass is 9.93. The molecule has 20 heavy (non-hydrogen) atoms. The fourth-order valence-corrected chi connectivity index (χ4v) is 2.69. The highest BCUT2D eigenvalue weighted by Gasteiger charge is 2.31. The number of hydrogen-bond acceptors (Lipinski definition) is 3. The smallest absolute Gasteiger partial charge is 0.335 e. The van der Waals surface area contributed by atoms with Gasteiger partial charge < -0.3 is 10.2 Å². The normalized spacial score (nSPS) is 15.5. The number of carboxylic acids is 2. The van der Waals surface area contributed by atoms with Gasteiger partial charge in [-0.1, -0.05) is 12.1 Å². The molecule has 0 fully saturated rings. The Kier molecular flexibility index (Phi) is 2.75. The zero-order chi connectivity index (χ0) is 14.3. The van der Waals surface area contributed by atoms with E-state index in [9.17, 15) is 9.59 Å². The molecule has 0 bridgehead atoms. The van der Waals surface area contributed by atoms with E-state index < -0.39 is 11.9 Å². The third-order valence-corrected chi connectivity index (χ3v) is 3.52. The standard InChI is InChI=1S/C15H11NO4/c17-13(18)7-12-9-2-1-5-16-14(9)10-4-3-8(15(19)20)6-11(10)12/h1-6,12H,7H2,(H,17,18)(H,19,20). The van der Waals surface area contributed by atoms with Crippen molar-refractivity contribution >= 4 is 11.9 Å². The van der Waals surface area contributed by atoms with Gasteiger partial charge in [0.1, 0.15) is 0 Å². The average Bonchev–Trinajstić information content (AvgIpc) is 2.73.